The van der Waals surface area contributed by atoms with Crippen molar-refractivity contribution >= 4 is 23.9 Å². The number of carbonyl (C=O) groups excluding carboxylic acids is 2. The summed E-state index contributed by atoms with van der Waals surface area (Å²) >= 11 is 0. The van der Waals surface area contributed by atoms with E-state index < -0.39 is 0 Å². The molecule has 140 valence electrons. The Labute approximate surface area is 152 Å². The standard InChI is InChI=1S/C18H24N4O4/c1-10-14(9-13-16(23)20-21-17(13)26-12-5-6-12)19-11(2)15(10)18(24)25-8-7-22(3)4/h9,12,19H,5-8H2,1-4H3,(H,20,23). The third-order valence-electron chi connectivity index (χ3n) is 4.28. The van der Waals surface area contributed by atoms with Crippen molar-refractivity contribution in [3.8, 4) is 0 Å². The molecular weight excluding hydrogens is 336 g/mol. The quantitative estimate of drug-likeness (QED) is 0.590. The maximum absolute atomic E-state index is 12.4. The third-order valence-corrected chi connectivity index (χ3v) is 4.28. The van der Waals surface area contributed by atoms with Crippen LogP contribution < -0.4 is 5.43 Å². The largest absolute Gasteiger partial charge is 0.473 e. The average molecular weight is 360 g/mol. The highest BCUT2D eigenvalue weighted by Crippen LogP contribution is 2.27. The Morgan fingerprint density at radius 1 is 1.35 bits per heavy atom. The van der Waals surface area contributed by atoms with Gasteiger partial charge in [-0.2, -0.15) is 0 Å². The van der Waals surface area contributed by atoms with Gasteiger partial charge in [-0.25, -0.2) is 10.2 Å². The van der Waals surface area contributed by atoms with Crippen LogP contribution in [0.5, 0.6) is 0 Å². The van der Waals surface area contributed by atoms with Crippen molar-refractivity contribution in [1.29, 1.82) is 0 Å². The predicted molar refractivity (Wildman–Crippen MR) is 96.8 cm³/mol. The van der Waals surface area contributed by atoms with Gasteiger partial charge in [0.1, 0.15) is 18.3 Å². The Bertz CT molecular complexity index is 787. The lowest BCUT2D eigenvalue weighted by Gasteiger charge is -2.10. The maximum Gasteiger partial charge on any atom is 0.340 e. The number of nitrogens with one attached hydrogen (secondary N) is 2. The van der Waals surface area contributed by atoms with Crippen LogP contribution in [0.15, 0.2) is 10.7 Å². The molecule has 2 heterocycles. The van der Waals surface area contributed by atoms with Crippen molar-refractivity contribution in [2.45, 2.75) is 32.8 Å². The van der Waals surface area contributed by atoms with Crippen LogP contribution in [0.4, 0.5) is 0 Å². The van der Waals surface area contributed by atoms with Crippen molar-refractivity contribution in [3.05, 3.63) is 28.1 Å². The summed E-state index contributed by atoms with van der Waals surface area (Å²) in [5.41, 5.74) is 5.37. The Kier molecular flexibility index (Phi) is 5.13. The summed E-state index contributed by atoms with van der Waals surface area (Å²) in [6.45, 7) is 4.61. The number of esters is 1. The minimum absolute atomic E-state index is 0.138. The molecule has 0 radical (unpaired) electrons. The number of amides is 1. The van der Waals surface area contributed by atoms with Gasteiger partial charge in [-0.15, -0.1) is 5.10 Å². The summed E-state index contributed by atoms with van der Waals surface area (Å²) in [6.07, 6.45) is 3.76. The van der Waals surface area contributed by atoms with E-state index in [1.165, 1.54) is 0 Å². The molecule has 0 bridgehead atoms. The summed E-state index contributed by atoms with van der Waals surface area (Å²) in [4.78, 5) is 29.5. The molecule has 2 aliphatic rings. The number of hydrazone groups is 1. The van der Waals surface area contributed by atoms with Crippen LogP contribution in [-0.2, 0) is 14.3 Å². The van der Waals surface area contributed by atoms with Crippen molar-refractivity contribution in [3.63, 3.8) is 0 Å². The van der Waals surface area contributed by atoms with Gasteiger partial charge in [0, 0.05) is 17.9 Å². The fourth-order valence-electron chi connectivity index (χ4n) is 2.64. The minimum atomic E-state index is -0.373. The van der Waals surface area contributed by atoms with Gasteiger partial charge in [0.15, 0.2) is 0 Å². The second kappa shape index (κ2) is 7.33. The van der Waals surface area contributed by atoms with E-state index >= 15 is 0 Å². The molecule has 1 saturated carbocycles. The van der Waals surface area contributed by atoms with Crippen molar-refractivity contribution < 1.29 is 19.1 Å². The molecule has 26 heavy (non-hydrogen) atoms. The first-order valence-corrected chi connectivity index (χ1v) is 8.64. The Morgan fingerprint density at radius 3 is 2.73 bits per heavy atom. The van der Waals surface area contributed by atoms with Crippen molar-refractivity contribution in [1.82, 2.24) is 15.3 Å². The number of aromatic nitrogens is 1. The average Bonchev–Trinajstić information content (AvgIpc) is 3.26. The fraction of sp³-hybridized carbons (Fsp3) is 0.500. The smallest absolute Gasteiger partial charge is 0.340 e. The first kappa shape index (κ1) is 18.2. The van der Waals surface area contributed by atoms with E-state index in [0.717, 1.165) is 18.4 Å². The number of ether oxygens (including phenoxy) is 2. The van der Waals surface area contributed by atoms with E-state index in [1.807, 2.05) is 32.8 Å². The number of carbonyl (C=O) groups is 2. The Balaban J connectivity index is 1.79. The molecule has 0 aromatic carbocycles. The SMILES string of the molecule is Cc1[nH]c(C=C2C(=O)NN=C2OC2CC2)c(C)c1C(=O)OCCN(C)C. The zero-order chi connectivity index (χ0) is 18.8. The van der Waals surface area contributed by atoms with Crippen LogP contribution in [0, 0.1) is 13.8 Å². The number of nitrogens with zero attached hydrogens (tertiary/aromatic N) is 2. The first-order chi connectivity index (χ1) is 12.4. The summed E-state index contributed by atoms with van der Waals surface area (Å²) < 4.78 is 11.0. The number of hydrogen-bond donors (Lipinski definition) is 2. The molecule has 0 atom stereocenters. The van der Waals surface area contributed by atoms with Crippen LogP contribution in [0.1, 0.15) is 40.2 Å². The molecule has 0 spiro atoms. The molecule has 0 saturated heterocycles. The summed E-state index contributed by atoms with van der Waals surface area (Å²) in [5.74, 6) is -0.386. The molecule has 1 aromatic heterocycles. The van der Waals surface area contributed by atoms with Gasteiger partial charge in [0.25, 0.3) is 5.91 Å². The molecule has 3 rings (SSSR count). The molecular formula is C18H24N4O4. The minimum Gasteiger partial charge on any atom is -0.473 e. The van der Waals surface area contributed by atoms with Gasteiger partial charge in [0.2, 0.25) is 5.90 Å². The van der Waals surface area contributed by atoms with Crippen LogP contribution in [0.3, 0.4) is 0 Å². The number of aromatic amines is 1. The van der Waals surface area contributed by atoms with E-state index in [4.69, 9.17) is 9.47 Å². The number of H-pyrrole nitrogens is 1. The van der Waals surface area contributed by atoms with Gasteiger partial charge in [-0.05, 0) is 52.4 Å². The van der Waals surface area contributed by atoms with Crippen LogP contribution in [0.25, 0.3) is 6.08 Å². The fourth-order valence-corrected chi connectivity index (χ4v) is 2.64. The van der Waals surface area contributed by atoms with Gasteiger partial charge in [-0.1, -0.05) is 0 Å². The highest BCUT2D eigenvalue weighted by atomic mass is 16.5. The first-order valence-electron chi connectivity index (χ1n) is 8.64. The number of hydrogen-bond acceptors (Lipinski definition) is 6. The summed E-state index contributed by atoms with van der Waals surface area (Å²) in [6, 6.07) is 0. The molecule has 8 nitrogen and oxygen atoms in total. The van der Waals surface area contributed by atoms with Gasteiger partial charge in [-0.3, -0.25) is 4.79 Å². The zero-order valence-electron chi connectivity index (χ0n) is 15.5. The van der Waals surface area contributed by atoms with Gasteiger partial charge in [0.05, 0.1) is 5.56 Å². The highest BCUT2D eigenvalue weighted by Gasteiger charge is 2.32. The number of rotatable bonds is 6. The molecule has 8 heteroatoms. The van der Waals surface area contributed by atoms with E-state index in [1.54, 1.807) is 6.08 Å². The second-order valence-electron chi connectivity index (χ2n) is 6.84. The third kappa shape index (κ3) is 3.96. The van der Waals surface area contributed by atoms with Crippen LogP contribution >= 0.6 is 0 Å². The number of likely N-dealkylation sites (N-methyl/N-ethyl adjacent to an activating group) is 1. The lowest BCUT2D eigenvalue weighted by Crippen LogP contribution is -2.20. The highest BCUT2D eigenvalue weighted by molar-refractivity contribution is 6.24. The Morgan fingerprint density at radius 2 is 2.08 bits per heavy atom. The Hall–Kier alpha value is -2.61. The van der Waals surface area contributed by atoms with Crippen molar-refractivity contribution in [2.24, 2.45) is 5.10 Å². The van der Waals surface area contributed by atoms with E-state index in [9.17, 15) is 9.59 Å². The van der Waals surface area contributed by atoms with E-state index in [-0.39, 0.29) is 18.0 Å². The summed E-state index contributed by atoms with van der Waals surface area (Å²) in [7, 11) is 3.83. The molecule has 1 fully saturated rings. The monoisotopic (exact) mass is 360 g/mol. The topological polar surface area (TPSA) is 96.0 Å². The van der Waals surface area contributed by atoms with Crippen LogP contribution in [0.2, 0.25) is 0 Å². The molecule has 1 aromatic rings. The zero-order valence-corrected chi connectivity index (χ0v) is 15.5. The van der Waals surface area contributed by atoms with Crippen LogP contribution in [-0.4, -0.2) is 61.0 Å². The maximum atomic E-state index is 12.4. The summed E-state index contributed by atoms with van der Waals surface area (Å²) in [5, 5.41) is 3.94. The van der Waals surface area contributed by atoms with E-state index in [2.05, 4.69) is 15.5 Å². The normalized spacial score (nSPS) is 18.3. The molecule has 1 amide bonds. The molecule has 1 aliphatic carbocycles. The van der Waals surface area contributed by atoms with Crippen molar-refractivity contribution in [2.75, 3.05) is 27.2 Å². The predicted octanol–water partition coefficient (Wildman–Crippen LogP) is 1.36. The molecule has 2 N–H and O–H groups in total. The van der Waals surface area contributed by atoms with Gasteiger partial charge >= 0.3 is 5.97 Å². The number of aryl methyl sites for hydroxylation is 1. The molecule has 0 unspecified atom stereocenters. The van der Waals surface area contributed by atoms with Gasteiger partial charge < -0.3 is 19.4 Å². The lowest BCUT2D eigenvalue weighted by molar-refractivity contribution is -0.116. The van der Waals surface area contributed by atoms with E-state index in [0.29, 0.717) is 41.6 Å². The lowest BCUT2D eigenvalue weighted by atomic mass is 10.1. The second-order valence-corrected chi connectivity index (χ2v) is 6.84. The molecule has 1 aliphatic heterocycles.